The van der Waals surface area contributed by atoms with Crippen LogP contribution in [0.1, 0.15) is 12.5 Å². The summed E-state index contributed by atoms with van der Waals surface area (Å²) >= 11 is 0. The van der Waals surface area contributed by atoms with Gasteiger partial charge in [0.05, 0.1) is 0 Å². The minimum Gasteiger partial charge on any atom is -0.224 e. The summed E-state index contributed by atoms with van der Waals surface area (Å²) in [6, 6.07) is 9.64. The molecule has 0 radical (unpaired) electrons. The van der Waals surface area contributed by atoms with Crippen molar-refractivity contribution in [3.05, 3.63) is 41.6 Å². The third kappa shape index (κ3) is 1.94. The minimum atomic E-state index is 0.820. The zero-order chi connectivity index (χ0) is 8.10. The van der Waals surface area contributed by atoms with Crippen LogP contribution in [0.15, 0.2) is 36.1 Å². The molecule has 0 amide bonds. The number of allylic oxidation sites excluding steroid dienone is 1. The highest BCUT2D eigenvalue weighted by atomic mass is 16.1. The topological polar surface area (TPSA) is 17.1 Å². The van der Waals surface area contributed by atoms with E-state index in [2.05, 4.69) is 5.73 Å². The second-order valence-electron chi connectivity index (χ2n) is 2.22. The van der Waals surface area contributed by atoms with Gasteiger partial charge in [0.25, 0.3) is 0 Å². The molecule has 11 heavy (non-hydrogen) atoms. The maximum atomic E-state index is 9.93. The van der Waals surface area contributed by atoms with Crippen molar-refractivity contribution < 1.29 is 4.79 Å². The van der Waals surface area contributed by atoms with Gasteiger partial charge in [0.15, 0.2) is 5.94 Å². The highest BCUT2D eigenvalue weighted by molar-refractivity contribution is 5.68. The monoisotopic (exact) mass is 144 g/mol. The Bertz CT molecular complexity index is 312. The van der Waals surface area contributed by atoms with Crippen LogP contribution < -0.4 is 0 Å². The van der Waals surface area contributed by atoms with Crippen molar-refractivity contribution in [3.63, 3.8) is 0 Å². The third-order valence-corrected chi connectivity index (χ3v) is 1.45. The molecular formula is C10H8O. The van der Waals surface area contributed by atoms with Crippen LogP contribution >= 0.6 is 0 Å². The summed E-state index contributed by atoms with van der Waals surface area (Å²) in [5, 5.41) is 0. The Balaban J connectivity index is 3.14. The van der Waals surface area contributed by atoms with Gasteiger partial charge in [-0.2, -0.15) is 0 Å². The second kappa shape index (κ2) is 3.58. The molecule has 0 heterocycles. The van der Waals surface area contributed by atoms with Gasteiger partial charge in [-0.05, 0) is 18.2 Å². The lowest BCUT2D eigenvalue weighted by atomic mass is 10.1. The minimum absolute atomic E-state index is 0.820. The molecule has 1 aromatic carbocycles. The van der Waals surface area contributed by atoms with Gasteiger partial charge in [-0.15, -0.1) is 0 Å². The van der Waals surface area contributed by atoms with Gasteiger partial charge >= 0.3 is 0 Å². The molecular weight excluding hydrogens is 136 g/mol. The summed E-state index contributed by atoms with van der Waals surface area (Å²) < 4.78 is 0. The van der Waals surface area contributed by atoms with Crippen LogP contribution in [0.4, 0.5) is 0 Å². The number of benzene rings is 1. The van der Waals surface area contributed by atoms with E-state index in [4.69, 9.17) is 0 Å². The Morgan fingerprint density at radius 2 is 1.91 bits per heavy atom. The zero-order valence-corrected chi connectivity index (χ0v) is 6.29. The van der Waals surface area contributed by atoms with Crippen molar-refractivity contribution in [1.29, 1.82) is 0 Å². The van der Waals surface area contributed by atoms with Crippen LogP contribution in [0.5, 0.6) is 0 Å². The van der Waals surface area contributed by atoms with Gasteiger partial charge < -0.3 is 0 Å². The van der Waals surface area contributed by atoms with Crippen LogP contribution in [0, 0.1) is 0 Å². The lowest BCUT2D eigenvalue weighted by Crippen LogP contribution is -1.74. The Kier molecular flexibility index (Phi) is 2.46. The Hall–Kier alpha value is -1.55. The highest BCUT2D eigenvalue weighted by Gasteiger charge is 1.89. The van der Waals surface area contributed by atoms with E-state index in [9.17, 15) is 4.79 Å². The summed E-state index contributed by atoms with van der Waals surface area (Å²) in [5.41, 5.74) is 4.30. The number of hydrogen-bond donors (Lipinski definition) is 0. The molecule has 0 aliphatic heterocycles. The maximum absolute atomic E-state index is 9.93. The predicted molar refractivity (Wildman–Crippen MR) is 44.7 cm³/mol. The quantitative estimate of drug-likeness (QED) is 0.435. The fraction of sp³-hybridized carbons (Fsp3) is 0.100. The van der Waals surface area contributed by atoms with Crippen LogP contribution in [0.2, 0.25) is 0 Å². The molecule has 0 atom stereocenters. The molecule has 1 aromatic rings. The van der Waals surface area contributed by atoms with Crippen LogP contribution in [0.25, 0.3) is 5.57 Å². The van der Waals surface area contributed by atoms with Gasteiger partial charge in [0.1, 0.15) is 0 Å². The molecule has 1 heteroatoms. The normalized spacial score (nSPS) is 8.09. The summed E-state index contributed by atoms with van der Waals surface area (Å²) in [6.45, 7) is 1.83. The van der Waals surface area contributed by atoms with Crippen molar-refractivity contribution in [1.82, 2.24) is 0 Å². The number of hydrogen-bond acceptors (Lipinski definition) is 1. The lowest BCUT2D eigenvalue weighted by molar-refractivity contribution is 0.569. The van der Waals surface area contributed by atoms with Gasteiger partial charge in [-0.25, -0.2) is 4.79 Å². The molecule has 1 nitrogen and oxygen atoms in total. The molecule has 0 aliphatic carbocycles. The molecule has 0 unspecified atom stereocenters. The first-order valence-corrected chi connectivity index (χ1v) is 3.36. The lowest BCUT2D eigenvalue weighted by Gasteiger charge is -1.93. The average molecular weight is 144 g/mol. The molecule has 1 rings (SSSR count). The van der Waals surface area contributed by atoms with Crippen molar-refractivity contribution in [3.8, 4) is 0 Å². The molecule has 0 aromatic heterocycles. The van der Waals surface area contributed by atoms with Crippen molar-refractivity contribution in [2.24, 2.45) is 0 Å². The summed E-state index contributed by atoms with van der Waals surface area (Å²) in [7, 11) is 0. The first-order valence-electron chi connectivity index (χ1n) is 3.36. The summed E-state index contributed by atoms with van der Waals surface area (Å²) in [6.07, 6.45) is 0. The molecule has 0 fully saturated rings. The molecule has 0 aliphatic rings. The van der Waals surface area contributed by atoms with E-state index in [0.717, 1.165) is 11.1 Å². The van der Waals surface area contributed by atoms with Gasteiger partial charge in [-0.1, -0.05) is 30.3 Å². The zero-order valence-electron chi connectivity index (χ0n) is 6.29. The third-order valence-electron chi connectivity index (χ3n) is 1.45. The smallest absolute Gasteiger partial charge is 0.177 e. The molecule has 0 N–H and O–H groups in total. The highest BCUT2D eigenvalue weighted by Crippen LogP contribution is 2.09. The van der Waals surface area contributed by atoms with Gasteiger partial charge in [-0.3, -0.25) is 0 Å². The van der Waals surface area contributed by atoms with Crippen LogP contribution in [0.3, 0.4) is 0 Å². The van der Waals surface area contributed by atoms with Crippen molar-refractivity contribution in [2.45, 2.75) is 6.92 Å². The van der Waals surface area contributed by atoms with E-state index >= 15 is 0 Å². The number of carbonyl (C=O) groups excluding carboxylic acids is 1. The van der Waals surface area contributed by atoms with E-state index < -0.39 is 0 Å². The number of rotatable bonds is 1. The predicted octanol–water partition coefficient (Wildman–Crippen LogP) is 2.08. The molecule has 54 valence electrons. The van der Waals surface area contributed by atoms with E-state index in [-0.39, 0.29) is 0 Å². The Morgan fingerprint density at radius 1 is 1.27 bits per heavy atom. The summed E-state index contributed by atoms with van der Waals surface area (Å²) in [5.74, 6) is 1.63. The Labute approximate surface area is 65.7 Å². The SMILES string of the molecule is CC(=C=C=O)c1ccccc1. The fourth-order valence-corrected chi connectivity index (χ4v) is 0.837. The van der Waals surface area contributed by atoms with Crippen LogP contribution in [-0.2, 0) is 4.79 Å². The summed E-state index contributed by atoms with van der Waals surface area (Å²) in [4.78, 5) is 9.93. The van der Waals surface area contributed by atoms with E-state index in [1.807, 2.05) is 37.3 Å². The van der Waals surface area contributed by atoms with Crippen molar-refractivity contribution in [2.75, 3.05) is 0 Å². The fourth-order valence-electron chi connectivity index (χ4n) is 0.837. The first kappa shape index (κ1) is 7.56. The van der Waals surface area contributed by atoms with E-state index in [0.29, 0.717) is 0 Å². The molecule has 0 bridgehead atoms. The molecule has 0 saturated carbocycles. The largest absolute Gasteiger partial charge is 0.224 e. The maximum Gasteiger partial charge on any atom is 0.177 e. The van der Waals surface area contributed by atoms with Crippen molar-refractivity contribution >= 4 is 11.5 Å². The Morgan fingerprint density at radius 3 is 2.45 bits per heavy atom. The van der Waals surface area contributed by atoms with Crippen LogP contribution in [-0.4, -0.2) is 5.94 Å². The standard InChI is InChI=1S/C10H8O/c1-9(7-8-11)10-5-3-2-4-6-10/h2-6H,1H3. The average Bonchev–Trinajstić information content (AvgIpc) is 2.07. The van der Waals surface area contributed by atoms with Gasteiger partial charge in [0, 0.05) is 5.57 Å². The second-order valence-corrected chi connectivity index (χ2v) is 2.22. The van der Waals surface area contributed by atoms with E-state index in [1.54, 1.807) is 5.94 Å². The first-order chi connectivity index (χ1) is 5.34. The van der Waals surface area contributed by atoms with E-state index in [1.165, 1.54) is 0 Å². The molecule has 0 spiro atoms. The van der Waals surface area contributed by atoms with Gasteiger partial charge in [0.2, 0.25) is 0 Å². The molecule has 0 saturated heterocycles.